The number of hydrogen-bond donors (Lipinski definition) is 1. The van der Waals surface area contributed by atoms with Crippen LogP contribution in [0.1, 0.15) is 59.5 Å². The van der Waals surface area contributed by atoms with Crippen LogP contribution in [0.3, 0.4) is 0 Å². The fourth-order valence-corrected chi connectivity index (χ4v) is 5.26. The van der Waals surface area contributed by atoms with Crippen LogP contribution in [0.5, 0.6) is 0 Å². The number of aromatic nitrogens is 3. The van der Waals surface area contributed by atoms with Crippen molar-refractivity contribution in [3.8, 4) is 22.3 Å². The summed E-state index contributed by atoms with van der Waals surface area (Å²) in [5, 5.41) is 13.5. The summed E-state index contributed by atoms with van der Waals surface area (Å²) in [6, 6.07) is 7.30. The zero-order valence-corrected chi connectivity index (χ0v) is 19.7. The first-order valence-electron chi connectivity index (χ1n) is 11.7. The van der Waals surface area contributed by atoms with Crippen LogP contribution >= 0.6 is 0 Å². The first-order valence-corrected chi connectivity index (χ1v) is 11.7. The highest BCUT2D eigenvalue weighted by Gasteiger charge is 2.33. The summed E-state index contributed by atoms with van der Waals surface area (Å²) in [6.45, 7) is 5.82. The maximum absolute atomic E-state index is 15.8. The van der Waals surface area contributed by atoms with Crippen LogP contribution in [0.25, 0.3) is 33.3 Å². The van der Waals surface area contributed by atoms with E-state index in [0.29, 0.717) is 24.2 Å². The number of benzene rings is 1. The lowest BCUT2D eigenvalue weighted by molar-refractivity contribution is 0.0696. The van der Waals surface area contributed by atoms with Crippen molar-refractivity contribution in [2.45, 2.75) is 65.1 Å². The quantitative estimate of drug-likeness (QED) is 0.360. The van der Waals surface area contributed by atoms with Gasteiger partial charge in [-0.1, -0.05) is 36.6 Å². The Morgan fingerprint density at radius 2 is 1.91 bits per heavy atom. The number of pyridine rings is 1. The average molecular weight is 462 g/mol. The van der Waals surface area contributed by atoms with Gasteiger partial charge in [-0.15, -0.1) is 0 Å². The topological polar surface area (TPSA) is 81.2 Å². The van der Waals surface area contributed by atoms with Crippen molar-refractivity contribution in [3.05, 3.63) is 59.2 Å². The second kappa shape index (κ2) is 8.38. The zero-order valence-electron chi connectivity index (χ0n) is 19.7. The number of carboxylic acid groups (broad SMARTS) is 1. The highest BCUT2D eigenvalue weighted by atomic mass is 19.1. The number of alkyl halides is 1. The lowest BCUT2D eigenvalue weighted by Gasteiger charge is -2.30. The third-order valence-electron chi connectivity index (χ3n) is 7.01. The molecule has 1 N–H and O–H groups in total. The number of aromatic carboxylic acids is 1. The van der Waals surface area contributed by atoms with E-state index in [1.165, 1.54) is 0 Å². The van der Waals surface area contributed by atoms with E-state index in [9.17, 15) is 9.90 Å². The van der Waals surface area contributed by atoms with Crippen molar-refractivity contribution in [1.82, 2.24) is 14.7 Å². The molecule has 6 nitrogen and oxygen atoms in total. The Labute approximate surface area is 197 Å². The Morgan fingerprint density at radius 3 is 2.56 bits per heavy atom. The second-order valence-corrected chi connectivity index (χ2v) is 9.51. The molecule has 5 rings (SSSR count). The molecule has 34 heavy (non-hydrogen) atoms. The van der Waals surface area contributed by atoms with Gasteiger partial charge in [0.25, 0.3) is 0 Å². The molecule has 0 atom stereocenters. The molecule has 1 aliphatic carbocycles. The number of hydrogen-bond acceptors (Lipinski definition) is 4. The third-order valence-corrected chi connectivity index (χ3v) is 7.01. The summed E-state index contributed by atoms with van der Waals surface area (Å²) in [5.41, 5.74) is 5.59. The number of carbonyl (C=O) groups is 1. The molecular weight excluding hydrogens is 433 g/mol. The molecule has 176 valence electrons. The molecule has 1 aliphatic rings. The molecule has 0 radical (unpaired) electrons. The molecule has 0 saturated heterocycles. The van der Waals surface area contributed by atoms with Gasteiger partial charge in [0.15, 0.2) is 0 Å². The minimum atomic E-state index is -1.25. The van der Waals surface area contributed by atoms with Crippen molar-refractivity contribution in [2.24, 2.45) is 0 Å². The Hall–Kier alpha value is -3.48. The van der Waals surface area contributed by atoms with Crippen LogP contribution in [0.4, 0.5) is 4.39 Å². The minimum Gasteiger partial charge on any atom is -0.478 e. The Kier molecular flexibility index (Phi) is 5.50. The van der Waals surface area contributed by atoms with Crippen LogP contribution in [-0.2, 0) is 6.54 Å². The van der Waals surface area contributed by atoms with Crippen molar-refractivity contribution < 1.29 is 18.8 Å². The number of carboxylic acids is 1. The summed E-state index contributed by atoms with van der Waals surface area (Å²) < 4.78 is 23.1. The highest BCUT2D eigenvalue weighted by Crippen LogP contribution is 2.38. The normalized spacial score (nSPS) is 15.6. The van der Waals surface area contributed by atoms with Gasteiger partial charge in [-0.3, -0.25) is 4.98 Å². The van der Waals surface area contributed by atoms with Crippen LogP contribution in [0.15, 0.2) is 41.2 Å². The molecule has 7 heteroatoms. The number of nitrogens with zero attached hydrogens (tertiary/aromatic N) is 3. The molecule has 3 heterocycles. The molecule has 4 aromatic rings. The fraction of sp³-hybridized carbons (Fsp3) is 0.370. The standard InChI is InChI=1S/C27H28FN3O3/c1-16-11-19(7-8-21(16)26(32)33)22-14-31(15-27(28)9-5-4-6-10-27)23-12-20(13-29-25(22)23)24-17(2)30-34-18(24)3/h7-8,11-14H,4-6,9-10,15H2,1-3H3,(H,32,33). The Bertz CT molecular complexity index is 1380. The molecule has 0 aliphatic heterocycles. The van der Waals surface area contributed by atoms with E-state index in [1.807, 2.05) is 36.7 Å². The minimum absolute atomic E-state index is 0.266. The SMILES string of the molecule is Cc1cc(-c2cn(CC3(F)CCCCC3)c3cc(-c4c(C)noc4C)cnc23)ccc1C(=O)O. The van der Waals surface area contributed by atoms with Gasteiger partial charge in [0.1, 0.15) is 11.4 Å². The summed E-state index contributed by atoms with van der Waals surface area (Å²) in [7, 11) is 0. The van der Waals surface area contributed by atoms with E-state index < -0.39 is 11.6 Å². The van der Waals surface area contributed by atoms with Crippen molar-refractivity contribution in [2.75, 3.05) is 0 Å². The van der Waals surface area contributed by atoms with E-state index in [-0.39, 0.29) is 12.1 Å². The maximum Gasteiger partial charge on any atom is 0.335 e. The summed E-state index contributed by atoms with van der Waals surface area (Å²) in [6.07, 6.45) is 7.77. The van der Waals surface area contributed by atoms with Gasteiger partial charge in [0.2, 0.25) is 0 Å². The van der Waals surface area contributed by atoms with Gasteiger partial charge < -0.3 is 14.2 Å². The zero-order chi connectivity index (χ0) is 24.0. The summed E-state index contributed by atoms with van der Waals surface area (Å²) >= 11 is 0. The van der Waals surface area contributed by atoms with Gasteiger partial charge in [0, 0.05) is 29.1 Å². The molecule has 0 unspecified atom stereocenters. The molecule has 0 bridgehead atoms. The van der Waals surface area contributed by atoms with Gasteiger partial charge in [-0.05, 0) is 56.9 Å². The second-order valence-electron chi connectivity index (χ2n) is 9.51. The van der Waals surface area contributed by atoms with E-state index in [4.69, 9.17) is 9.51 Å². The molecule has 1 saturated carbocycles. The summed E-state index contributed by atoms with van der Waals surface area (Å²) in [4.78, 5) is 16.3. The predicted octanol–water partition coefficient (Wildman–Crippen LogP) is 6.65. The Morgan fingerprint density at radius 1 is 1.15 bits per heavy atom. The molecule has 0 amide bonds. The molecule has 1 fully saturated rings. The maximum atomic E-state index is 15.8. The van der Waals surface area contributed by atoms with E-state index in [2.05, 4.69) is 5.16 Å². The van der Waals surface area contributed by atoms with Crippen LogP contribution in [0, 0.1) is 20.8 Å². The first-order chi connectivity index (χ1) is 16.3. The van der Waals surface area contributed by atoms with Gasteiger partial charge in [-0.25, -0.2) is 9.18 Å². The van der Waals surface area contributed by atoms with Gasteiger partial charge >= 0.3 is 5.97 Å². The third kappa shape index (κ3) is 3.89. The number of fused-ring (bicyclic) bond motifs is 1. The fourth-order valence-electron chi connectivity index (χ4n) is 5.26. The smallest absolute Gasteiger partial charge is 0.335 e. The number of rotatable bonds is 5. The van der Waals surface area contributed by atoms with Crippen molar-refractivity contribution in [3.63, 3.8) is 0 Å². The number of halogens is 1. The first kappa shape index (κ1) is 22.3. The molecule has 0 spiro atoms. The average Bonchev–Trinajstić information content (AvgIpc) is 3.32. The Balaban J connectivity index is 1.67. The molecule has 1 aromatic carbocycles. The predicted molar refractivity (Wildman–Crippen MR) is 129 cm³/mol. The van der Waals surface area contributed by atoms with Crippen molar-refractivity contribution in [1.29, 1.82) is 0 Å². The number of aryl methyl sites for hydroxylation is 3. The lowest BCUT2D eigenvalue weighted by atomic mass is 9.86. The monoisotopic (exact) mass is 461 g/mol. The van der Waals surface area contributed by atoms with E-state index >= 15 is 4.39 Å². The van der Waals surface area contributed by atoms with Crippen LogP contribution in [0.2, 0.25) is 0 Å². The summed E-state index contributed by atoms with van der Waals surface area (Å²) in [5.74, 6) is -0.239. The molecular formula is C27H28FN3O3. The van der Waals surface area contributed by atoms with Crippen LogP contribution < -0.4 is 0 Å². The van der Waals surface area contributed by atoms with Gasteiger partial charge in [-0.2, -0.15) is 0 Å². The van der Waals surface area contributed by atoms with E-state index in [0.717, 1.165) is 58.2 Å². The van der Waals surface area contributed by atoms with Gasteiger partial charge in [0.05, 0.1) is 28.8 Å². The van der Waals surface area contributed by atoms with Crippen molar-refractivity contribution >= 4 is 17.0 Å². The lowest BCUT2D eigenvalue weighted by Crippen LogP contribution is -2.31. The highest BCUT2D eigenvalue weighted by molar-refractivity contribution is 5.96. The molecule has 3 aromatic heterocycles. The van der Waals surface area contributed by atoms with Crippen LogP contribution in [-0.4, -0.2) is 31.5 Å². The van der Waals surface area contributed by atoms with E-state index in [1.54, 1.807) is 25.3 Å². The largest absolute Gasteiger partial charge is 0.478 e.